The zero-order valence-electron chi connectivity index (χ0n) is 8.22. The summed E-state index contributed by atoms with van der Waals surface area (Å²) in [6.45, 7) is 2.25. The molecule has 0 aliphatic carbocycles. The molecule has 0 amide bonds. The summed E-state index contributed by atoms with van der Waals surface area (Å²) < 4.78 is 0. The Kier molecular flexibility index (Phi) is 2.34. The minimum atomic E-state index is 0.616. The first-order chi connectivity index (χ1) is 6.33. The zero-order chi connectivity index (χ0) is 9.26. The van der Waals surface area contributed by atoms with Gasteiger partial charge in [-0.15, -0.1) is 0 Å². The molecule has 2 rings (SSSR count). The van der Waals surface area contributed by atoms with Crippen LogP contribution in [0, 0.1) is 0 Å². The summed E-state index contributed by atoms with van der Waals surface area (Å²) in [7, 11) is 2.27. The quantitative estimate of drug-likeness (QED) is 0.555. The number of rotatable bonds is 1. The first-order valence-corrected chi connectivity index (χ1v) is 5.02. The van der Waals surface area contributed by atoms with Crippen LogP contribution >= 0.6 is 0 Å². The Morgan fingerprint density at radius 1 is 1.46 bits per heavy atom. The molecular formula is C11H18N2+2. The van der Waals surface area contributed by atoms with Gasteiger partial charge in [-0.3, -0.25) is 0 Å². The first kappa shape index (κ1) is 8.73. The molecule has 0 saturated heterocycles. The van der Waals surface area contributed by atoms with Crippen molar-refractivity contribution in [3.8, 4) is 0 Å². The maximum atomic E-state index is 4.04. The van der Waals surface area contributed by atoms with Crippen molar-refractivity contribution < 1.29 is 10.6 Å². The highest BCUT2D eigenvalue weighted by atomic mass is 15.1. The van der Waals surface area contributed by atoms with Gasteiger partial charge in [0.15, 0.2) is 6.04 Å². The average molecular weight is 178 g/mol. The molecule has 0 aromatic heterocycles. The smallest absolute Gasteiger partial charge is 0.163 e. The van der Waals surface area contributed by atoms with Gasteiger partial charge >= 0.3 is 0 Å². The van der Waals surface area contributed by atoms with Crippen molar-refractivity contribution in [3.63, 3.8) is 0 Å². The van der Waals surface area contributed by atoms with Crippen LogP contribution in [0.1, 0.15) is 17.2 Å². The Labute approximate surface area is 79.4 Å². The third-order valence-corrected chi connectivity index (χ3v) is 3.10. The van der Waals surface area contributed by atoms with Crippen molar-refractivity contribution in [1.29, 1.82) is 0 Å². The summed E-state index contributed by atoms with van der Waals surface area (Å²) in [6.07, 6.45) is 1.22. The molecule has 70 valence electrons. The lowest BCUT2D eigenvalue weighted by molar-refractivity contribution is -0.920. The van der Waals surface area contributed by atoms with Crippen molar-refractivity contribution in [3.05, 3.63) is 35.4 Å². The Morgan fingerprint density at radius 2 is 2.23 bits per heavy atom. The second-order valence-corrected chi connectivity index (χ2v) is 3.89. The Hall–Kier alpha value is -0.860. The van der Waals surface area contributed by atoms with Gasteiger partial charge in [0.05, 0.1) is 13.6 Å². The van der Waals surface area contributed by atoms with Gasteiger partial charge in [-0.25, -0.2) is 0 Å². The molecule has 1 aromatic carbocycles. The number of likely N-dealkylation sites (N-methyl/N-ethyl adjacent to an activating group) is 1. The topological polar surface area (TPSA) is 32.1 Å². The normalized spacial score (nSPS) is 26.9. The van der Waals surface area contributed by atoms with Crippen LogP contribution in [-0.2, 0) is 6.42 Å². The maximum Gasteiger partial charge on any atom is 0.163 e. The molecule has 1 aromatic rings. The zero-order valence-corrected chi connectivity index (χ0v) is 8.22. The van der Waals surface area contributed by atoms with Crippen molar-refractivity contribution in [1.82, 2.24) is 0 Å². The Balaban J connectivity index is 2.39. The van der Waals surface area contributed by atoms with Gasteiger partial charge in [0.1, 0.15) is 6.54 Å². The van der Waals surface area contributed by atoms with Crippen molar-refractivity contribution in [2.45, 2.75) is 12.5 Å². The lowest BCUT2D eigenvalue weighted by atomic mass is 9.93. The maximum absolute atomic E-state index is 4.04. The van der Waals surface area contributed by atoms with Crippen LogP contribution in [0.2, 0.25) is 0 Å². The predicted molar refractivity (Wildman–Crippen MR) is 52.4 cm³/mol. The number of quaternary nitrogens is 2. The largest absolute Gasteiger partial charge is 0.352 e. The van der Waals surface area contributed by atoms with E-state index < -0.39 is 0 Å². The number of hydrogen-bond donors (Lipinski definition) is 2. The van der Waals surface area contributed by atoms with Gasteiger partial charge in [0, 0.05) is 12.0 Å². The van der Waals surface area contributed by atoms with E-state index in [2.05, 4.69) is 37.0 Å². The molecule has 0 saturated carbocycles. The molecule has 1 aliphatic heterocycles. The highest BCUT2D eigenvalue weighted by Gasteiger charge is 2.27. The fourth-order valence-electron chi connectivity index (χ4n) is 2.28. The van der Waals surface area contributed by atoms with E-state index in [0.29, 0.717) is 6.04 Å². The van der Waals surface area contributed by atoms with Crippen molar-refractivity contribution >= 4 is 0 Å². The second kappa shape index (κ2) is 3.48. The third-order valence-electron chi connectivity index (χ3n) is 3.10. The molecule has 13 heavy (non-hydrogen) atoms. The molecule has 1 heterocycles. The van der Waals surface area contributed by atoms with Gasteiger partial charge in [-0.1, -0.05) is 24.3 Å². The standard InChI is InChI=1S/C11H16N2/c1-13-7-6-9-4-2-3-5-10(9)11(13)8-12/h2-5,11H,6-8,12H2,1H3/p+2/t11-/m1/s1. The van der Waals surface area contributed by atoms with Crippen LogP contribution in [0.25, 0.3) is 0 Å². The molecule has 2 nitrogen and oxygen atoms in total. The van der Waals surface area contributed by atoms with Crippen molar-refractivity contribution in [2.75, 3.05) is 20.1 Å². The molecule has 2 heteroatoms. The predicted octanol–water partition coefficient (Wildman–Crippen LogP) is -0.960. The molecule has 0 spiro atoms. The van der Waals surface area contributed by atoms with Crippen LogP contribution < -0.4 is 10.6 Å². The summed E-state index contributed by atoms with van der Waals surface area (Å²) in [6, 6.07) is 9.41. The molecule has 4 N–H and O–H groups in total. The van der Waals surface area contributed by atoms with Crippen molar-refractivity contribution in [2.24, 2.45) is 0 Å². The Morgan fingerprint density at radius 3 is 3.00 bits per heavy atom. The summed E-state index contributed by atoms with van der Waals surface area (Å²) in [4.78, 5) is 1.61. The lowest BCUT2D eigenvalue weighted by Crippen LogP contribution is -3.12. The van der Waals surface area contributed by atoms with E-state index in [1.165, 1.54) is 24.1 Å². The number of fused-ring (bicyclic) bond motifs is 1. The highest BCUT2D eigenvalue weighted by Crippen LogP contribution is 2.17. The molecule has 0 bridgehead atoms. The molecule has 1 aliphatic rings. The van der Waals surface area contributed by atoms with Gasteiger partial charge in [0.25, 0.3) is 0 Å². The van der Waals surface area contributed by atoms with E-state index in [1.54, 1.807) is 4.90 Å². The van der Waals surface area contributed by atoms with Gasteiger partial charge < -0.3 is 10.6 Å². The van der Waals surface area contributed by atoms with Gasteiger partial charge in [-0.05, 0) is 5.56 Å². The van der Waals surface area contributed by atoms with Crippen LogP contribution in [-0.4, -0.2) is 20.1 Å². The van der Waals surface area contributed by atoms with Crippen LogP contribution in [0.3, 0.4) is 0 Å². The van der Waals surface area contributed by atoms with Gasteiger partial charge in [0.2, 0.25) is 0 Å². The molecule has 2 atom stereocenters. The van der Waals surface area contributed by atoms with Crippen LogP contribution in [0.5, 0.6) is 0 Å². The summed E-state index contributed by atoms with van der Waals surface area (Å²) >= 11 is 0. The van der Waals surface area contributed by atoms with E-state index in [1.807, 2.05) is 0 Å². The second-order valence-electron chi connectivity index (χ2n) is 3.89. The highest BCUT2D eigenvalue weighted by molar-refractivity contribution is 5.30. The van der Waals surface area contributed by atoms with Crippen LogP contribution in [0.4, 0.5) is 0 Å². The van der Waals surface area contributed by atoms with E-state index in [9.17, 15) is 0 Å². The van der Waals surface area contributed by atoms with E-state index in [0.717, 1.165) is 6.54 Å². The number of nitrogens with one attached hydrogen (secondary N) is 1. The summed E-state index contributed by atoms with van der Waals surface area (Å²) in [5.41, 5.74) is 7.08. The van der Waals surface area contributed by atoms with E-state index in [4.69, 9.17) is 0 Å². The fraction of sp³-hybridized carbons (Fsp3) is 0.455. The van der Waals surface area contributed by atoms with E-state index in [-0.39, 0.29) is 0 Å². The average Bonchev–Trinajstić information content (AvgIpc) is 2.18. The minimum Gasteiger partial charge on any atom is -0.352 e. The summed E-state index contributed by atoms with van der Waals surface area (Å²) in [5.74, 6) is 0. The monoisotopic (exact) mass is 178 g/mol. The van der Waals surface area contributed by atoms with Crippen LogP contribution in [0.15, 0.2) is 24.3 Å². The SMILES string of the molecule is C[NH+]1CCc2ccccc2[C@H]1C[NH3+]. The third kappa shape index (κ3) is 1.47. The fourth-order valence-corrected chi connectivity index (χ4v) is 2.28. The Bertz CT molecular complexity index is 296. The molecule has 1 unspecified atom stereocenters. The lowest BCUT2D eigenvalue weighted by Gasteiger charge is -2.29. The molecular weight excluding hydrogens is 160 g/mol. The van der Waals surface area contributed by atoms with Gasteiger partial charge in [-0.2, -0.15) is 0 Å². The van der Waals surface area contributed by atoms with E-state index >= 15 is 0 Å². The minimum absolute atomic E-state index is 0.616. The first-order valence-electron chi connectivity index (χ1n) is 5.02. The summed E-state index contributed by atoms with van der Waals surface area (Å²) in [5, 5.41) is 0. The number of benzene rings is 1. The molecule has 0 fully saturated rings. The number of hydrogen-bond acceptors (Lipinski definition) is 0. The molecule has 0 radical (unpaired) electrons.